The van der Waals surface area contributed by atoms with Crippen LogP contribution in [0.25, 0.3) is 22.2 Å². The van der Waals surface area contributed by atoms with Crippen molar-refractivity contribution < 1.29 is 0 Å². The summed E-state index contributed by atoms with van der Waals surface area (Å²) in [5.41, 5.74) is 4.45. The van der Waals surface area contributed by atoms with Gasteiger partial charge in [0, 0.05) is 22.8 Å². The number of hydrogen-bond acceptors (Lipinski definition) is 1. The van der Waals surface area contributed by atoms with Crippen LogP contribution in [0, 0.1) is 6.92 Å². The average molecular weight is 208 g/mol. The van der Waals surface area contributed by atoms with Gasteiger partial charge in [0.1, 0.15) is 0 Å². The molecule has 0 bridgehead atoms. The molecule has 16 heavy (non-hydrogen) atoms. The number of nitrogens with one attached hydrogen (secondary N) is 1. The van der Waals surface area contributed by atoms with E-state index in [2.05, 4.69) is 35.1 Å². The van der Waals surface area contributed by atoms with Gasteiger partial charge in [-0.25, -0.2) is 0 Å². The standard InChI is InChI=1S/C14H12N2/c1-10-9-12-7-8-15-13(14(12)16-10)11-5-3-2-4-6-11/h2-9,16H,1H3. The molecule has 0 aliphatic carbocycles. The largest absolute Gasteiger partial charge is 0.357 e. The molecule has 3 rings (SSSR count). The van der Waals surface area contributed by atoms with E-state index in [1.54, 1.807) is 0 Å². The van der Waals surface area contributed by atoms with Crippen LogP contribution in [0.15, 0.2) is 48.7 Å². The van der Waals surface area contributed by atoms with Crippen LogP contribution >= 0.6 is 0 Å². The molecular formula is C14H12N2. The van der Waals surface area contributed by atoms with Gasteiger partial charge >= 0.3 is 0 Å². The molecule has 0 saturated heterocycles. The zero-order valence-electron chi connectivity index (χ0n) is 9.07. The summed E-state index contributed by atoms with van der Waals surface area (Å²) in [5.74, 6) is 0. The van der Waals surface area contributed by atoms with Crippen molar-refractivity contribution in [2.75, 3.05) is 0 Å². The Morgan fingerprint density at radius 1 is 1.06 bits per heavy atom. The smallest absolute Gasteiger partial charge is 0.0942 e. The normalized spacial score (nSPS) is 10.8. The van der Waals surface area contributed by atoms with E-state index in [9.17, 15) is 0 Å². The maximum atomic E-state index is 4.46. The minimum atomic E-state index is 1.02. The highest BCUT2D eigenvalue weighted by atomic mass is 14.8. The fraction of sp³-hybridized carbons (Fsp3) is 0.0714. The molecule has 2 heteroatoms. The first-order valence-electron chi connectivity index (χ1n) is 5.34. The number of fused-ring (bicyclic) bond motifs is 1. The summed E-state index contributed by atoms with van der Waals surface area (Å²) in [5, 5.41) is 1.21. The van der Waals surface area contributed by atoms with Gasteiger partial charge in [-0.05, 0) is 19.1 Å². The van der Waals surface area contributed by atoms with Crippen molar-refractivity contribution in [1.29, 1.82) is 0 Å². The first kappa shape index (κ1) is 9.16. The second-order valence-electron chi connectivity index (χ2n) is 3.94. The van der Waals surface area contributed by atoms with Gasteiger partial charge in [0.25, 0.3) is 0 Å². The number of H-pyrrole nitrogens is 1. The van der Waals surface area contributed by atoms with Crippen molar-refractivity contribution in [1.82, 2.24) is 9.97 Å². The molecule has 2 aromatic heterocycles. The van der Waals surface area contributed by atoms with Gasteiger partial charge in [0.15, 0.2) is 0 Å². The lowest BCUT2D eigenvalue weighted by atomic mass is 10.1. The van der Waals surface area contributed by atoms with Crippen molar-refractivity contribution in [3.05, 3.63) is 54.4 Å². The van der Waals surface area contributed by atoms with Crippen molar-refractivity contribution >= 4 is 10.9 Å². The average Bonchev–Trinajstić information content (AvgIpc) is 2.70. The predicted octanol–water partition coefficient (Wildman–Crippen LogP) is 3.54. The lowest BCUT2D eigenvalue weighted by molar-refractivity contribution is 1.28. The van der Waals surface area contributed by atoms with Gasteiger partial charge in [0.2, 0.25) is 0 Å². The van der Waals surface area contributed by atoms with Gasteiger partial charge in [0.05, 0.1) is 11.2 Å². The summed E-state index contributed by atoms with van der Waals surface area (Å²) in [6, 6.07) is 14.4. The van der Waals surface area contributed by atoms with E-state index < -0.39 is 0 Å². The molecule has 0 atom stereocenters. The van der Waals surface area contributed by atoms with Crippen molar-refractivity contribution in [2.24, 2.45) is 0 Å². The number of pyridine rings is 1. The number of benzene rings is 1. The van der Waals surface area contributed by atoms with Crippen molar-refractivity contribution in [2.45, 2.75) is 6.92 Å². The maximum Gasteiger partial charge on any atom is 0.0942 e. The number of aromatic amines is 1. The van der Waals surface area contributed by atoms with Crippen molar-refractivity contribution in [3.63, 3.8) is 0 Å². The van der Waals surface area contributed by atoms with Crippen LogP contribution in [0.1, 0.15) is 5.69 Å². The molecule has 0 spiro atoms. The summed E-state index contributed by atoms with van der Waals surface area (Å²) in [6.07, 6.45) is 1.86. The number of nitrogens with zero attached hydrogens (tertiary/aromatic N) is 1. The predicted molar refractivity (Wildman–Crippen MR) is 66.3 cm³/mol. The Hall–Kier alpha value is -2.09. The lowest BCUT2D eigenvalue weighted by Crippen LogP contribution is -1.84. The highest BCUT2D eigenvalue weighted by Crippen LogP contribution is 2.25. The van der Waals surface area contributed by atoms with Crippen LogP contribution in [0.4, 0.5) is 0 Å². The fourth-order valence-electron chi connectivity index (χ4n) is 2.01. The Bertz CT molecular complexity index is 624. The van der Waals surface area contributed by atoms with Crippen LogP contribution < -0.4 is 0 Å². The lowest BCUT2D eigenvalue weighted by Gasteiger charge is -2.01. The van der Waals surface area contributed by atoms with Gasteiger partial charge in [-0.2, -0.15) is 0 Å². The fourth-order valence-corrected chi connectivity index (χ4v) is 2.01. The highest BCUT2D eigenvalue weighted by molar-refractivity contribution is 5.92. The molecule has 0 aliphatic heterocycles. The molecule has 2 nitrogen and oxygen atoms in total. The van der Waals surface area contributed by atoms with Crippen molar-refractivity contribution in [3.8, 4) is 11.3 Å². The first-order chi connectivity index (χ1) is 7.84. The Balaban J connectivity index is 2.31. The summed E-state index contributed by atoms with van der Waals surface area (Å²) in [7, 11) is 0. The number of aromatic nitrogens is 2. The Morgan fingerprint density at radius 3 is 2.69 bits per heavy atom. The zero-order valence-corrected chi connectivity index (χ0v) is 9.07. The van der Waals surface area contributed by atoms with Crippen LogP contribution in [0.2, 0.25) is 0 Å². The minimum Gasteiger partial charge on any atom is -0.357 e. The van der Waals surface area contributed by atoms with E-state index >= 15 is 0 Å². The zero-order chi connectivity index (χ0) is 11.0. The molecule has 0 amide bonds. The molecule has 0 fully saturated rings. The van der Waals surface area contributed by atoms with E-state index in [-0.39, 0.29) is 0 Å². The molecule has 0 saturated carbocycles. The molecule has 0 unspecified atom stereocenters. The number of rotatable bonds is 1. The second kappa shape index (κ2) is 3.49. The molecular weight excluding hydrogens is 196 g/mol. The molecule has 78 valence electrons. The Morgan fingerprint density at radius 2 is 1.88 bits per heavy atom. The monoisotopic (exact) mass is 208 g/mol. The quantitative estimate of drug-likeness (QED) is 0.651. The third kappa shape index (κ3) is 1.39. The SMILES string of the molecule is Cc1cc2ccnc(-c3ccccc3)c2[nH]1. The van der Waals surface area contributed by atoms with Crippen LogP contribution in [-0.4, -0.2) is 9.97 Å². The van der Waals surface area contributed by atoms with Crippen LogP contribution in [-0.2, 0) is 0 Å². The summed E-state index contributed by atoms with van der Waals surface area (Å²) in [4.78, 5) is 7.82. The number of aryl methyl sites for hydroxylation is 1. The third-order valence-corrected chi connectivity index (χ3v) is 2.72. The van der Waals surface area contributed by atoms with E-state index in [0.717, 1.165) is 16.8 Å². The molecule has 0 radical (unpaired) electrons. The van der Waals surface area contributed by atoms with E-state index in [1.807, 2.05) is 30.5 Å². The van der Waals surface area contributed by atoms with Crippen LogP contribution in [0.5, 0.6) is 0 Å². The van der Waals surface area contributed by atoms with Gasteiger partial charge in [-0.15, -0.1) is 0 Å². The molecule has 0 aliphatic rings. The van der Waals surface area contributed by atoms with Crippen LogP contribution in [0.3, 0.4) is 0 Å². The minimum absolute atomic E-state index is 1.02. The Labute approximate surface area is 94.0 Å². The summed E-state index contributed by atoms with van der Waals surface area (Å²) >= 11 is 0. The first-order valence-corrected chi connectivity index (χ1v) is 5.34. The van der Waals surface area contributed by atoms with E-state index in [4.69, 9.17) is 0 Å². The second-order valence-corrected chi connectivity index (χ2v) is 3.94. The van der Waals surface area contributed by atoms with Gasteiger partial charge < -0.3 is 4.98 Å². The summed E-state index contributed by atoms with van der Waals surface area (Å²) < 4.78 is 0. The molecule has 1 N–H and O–H groups in total. The summed E-state index contributed by atoms with van der Waals surface area (Å²) in [6.45, 7) is 2.06. The topological polar surface area (TPSA) is 28.7 Å². The van der Waals surface area contributed by atoms with Gasteiger partial charge in [-0.3, -0.25) is 4.98 Å². The van der Waals surface area contributed by atoms with E-state index in [1.165, 1.54) is 11.1 Å². The Kier molecular flexibility index (Phi) is 2.00. The molecule has 2 heterocycles. The van der Waals surface area contributed by atoms with E-state index in [0.29, 0.717) is 0 Å². The molecule has 1 aromatic carbocycles. The third-order valence-electron chi connectivity index (χ3n) is 2.72. The highest BCUT2D eigenvalue weighted by Gasteiger charge is 2.06. The maximum absolute atomic E-state index is 4.46. The molecule has 3 aromatic rings. The van der Waals surface area contributed by atoms with Gasteiger partial charge in [-0.1, -0.05) is 30.3 Å². The number of hydrogen-bond donors (Lipinski definition) is 1.